The predicted molar refractivity (Wildman–Crippen MR) is 121 cm³/mol. The van der Waals surface area contributed by atoms with Crippen LogP contribution in [0.1, 0.15) is 23.4 Å². The fourth-order valence-electron chi connectivity index (χ4n) is 3.11. The Morgan fingerprint density at radius 1 is 1.00 bits per heavy atom. The average molecular weight is 450 g/mol. The smallest absolute Gasteiger partial charge is 0.309 e. The number of hydrogen-bond donors (Lipinski definition) is 2. The molecular formula is C23H20ClN5O3. The largest absolute Gasteiger partial charge is 0.481 e. The lowest BCUT2D eigenvalue weighted by Crippen LogP contribution is -2.47. The average Bonchev–Trinajstić information content (AvgIpc) is 3.18. The van der Waals surface area contributed by atoms with Crippen LogP contribution in [-0.2, 0) is 4.79 Å². The second-order valence-corrected chi connectivity index (χ2v) is 7.47. The van der Waals surface area contributed by atoms with Gasteiger partial charge in [-0.3, -0.25) is 20.4 Å². The molecule has 1 aromatic heterocycles. The van der Waals surface area contributed by atoms with Gasteiger partial charge in [0.25, 0.3) is 5.91 Å². The summed E-state index contributed by atoms with van der Waals surface area (Å²) >= 11 is 6.20. The predicted octanol–water partition coefficient (Wildman–Crippen LogP) is 3.61. The number of carbonyl (C=O) groups is 2. The van der Waals surface area contributed by atoms with Crippen molar-refractivity contribution in [3.05, 3.63) is 83.4 Å². The minimum Gasteiger partial charge on any atom is -0.481 e. The topological polar surface area (TPSA) is 98.1 Å². The van der Waals surface area contributed by atoms with Crippen LogP contribution in [0.2, 0.25) is 5.02 Å². The van der Waals surface area contributed by atoms with Crippen molar-refractivity contribution in [1.29, 1.82) is 0 Å². The van der Waals surface area contributed by atoms with Gasteiger partial charge in [-0.15, -0.1) is 5.10 Å². The molecule has 0 spiro atoms. The summed E-state index contributed by atoms with van der Waals surface area (Å²) in [6.07, 6.45) is -0.841. The third-order valence-corrected chi connectivity index (χ3v) is 5.07. The number of benzene rings is 3. The lowest BCUT2D eigenvalue weighted by Gasteiger charge is -2.15. The van der Waals surface area contributed by atoms with Crippen molar-refractivity contribution in [2.24, 2.45) is 0 Å². The van der Waals surface area contributed by atoms with Crippen molar-refractivity contribution in [3.63, 3.8) is 0 Å². The maximum Gasteiger partial charge on any atom is 0.309 e. The highest BCUT2D eigenvalue weighted by molar-refractivity contribution is 6.32. The molecule has 32 heavy (non-hydrogen) atoms. The summed E-state index contributed by atoms with van der Waals surface area (Å²) < 4.78 is 7.17. The first-order valence-corrected chi connectivity index (χ1v) is 10.2. The number of aromatic nitrogens is 3. The van der Waals surface area contributed by atoms with Crippen LogP contribution in [0, 0.1) is 6.92 Å². The summed E-state index contributed by atoms with van der Waals surface area (Å²) in [7, 11) is 0. The minimum atomic E-state index is -0.841. The first-order valence-electron chi connectivity index (χ1n) is 9.86. The molecule has 8 nitrogen and oxygen atoms in total. The normalized spacial score (nSPS) is 11.7. The molecule has 0 saturated heterocycles. The zero-order valence-electron chi connectivity index (χ0n) is 17.4. The third kappa shape index (κ3) is 4.55. The lowest BCUT2D eigenvalue weighted by atomic mass is 10.1. The molecule has 0 fully saturated rings. The van der Waals surface area contributed by atoms with Crippen LogP contribution in [0.5, 0.6) is 5.75 Å². The Balaban J connectivity index is 1.37. The zero-order valence-corrected chi connectivity index (χ0v) is 18.1. The number of hydrazine groups is 1. The van der Waals surface area contributed by atoms with Gasteiger partial charge in [0, 0.05) is 0 Å². The van der Waals surface area contributed by atoms with Gasteiger partial charge < -0.3 is 4.74 Å². The molecule has 1 heterocycles. The molecule has 3 aromatic carbocycles. The summed E-state index contributed by atoms with van der Waals surface area (Å²) in [6.45, 7) is 3.29. The van der Waals surface area contributed by atoms with Crippen LogP contribution in [0.3, 0.4) is 0 Å². The molecule has 2 N–H and O–H groups in total. The van der Waals surface area contributed by atoms with Gasteiger partial charge in [-0.05, 0) is 48.9 Å². The van der Waals surface area contributed by atoms with Crippen LogP contribution in [0.15, 0.2) is 66.7 Å². The highest BCUT2D eigenvalue weighted by Gasteiger charge is 2.19. The van der Waals surface area contributed by atoms with E-state index in [2.05, 4.69) is 20.9 Å². The Hall–Kier alpha value is -3.91. The van der Waals surface area contributed by atoms with Crippen molar-refractivity contribution < 1.29 is 14.3 Å². The number of hydrogen-bond acceptors (Lipinski definition) is 5. The Kier molecular flexibility index (Phi) is 6.04. The zero-order chi connectivity index (χ0) is 22.7. The number of ether oxygens (including phenoxy) is 1. The maximum atomic E-state index is 12.4. The van der Waals surface area contributed by atoms with E-state index in [0.717, 1.165) is 10.8 Å². The molecule has 0 aliphatic rings. The number of fused-ring (bicyclic) bond motifs is 1. The summed E-state index contributed by atoms with van der Waals surface area (Å²) in [4.78, 5) is 28.9. The third-order valence-electron chi connectivity index (χ3n) is 4.75. The van der Waals surface area contributed by atoms with Gasteiger partial charge in [-0.2, -0.15) is 0 Å². The summed E-state index contributed by atoms with van der Waals surface area (Å²) in [5, 5.41) is 6.73. The quantitative estimate of drug-likeness (QED) is 0.453. The number of nitrogens with one attached hydrogen (secondary N) is 2. The number of rotatable bonds is 5. The Morgan fingerprint density at radius 2 is 1.72 bits per heavy atom. The first-order chi connectivity index (χ1) is 15.4. The van der Waals surface area contributed by atoms with Gasteiger partial charge in [0.15, 0.2) is 6.10 Å². The van der Waals surface area contributed by atoms with E-state index in [1.165, 1.54) is 4.68 Å². The van der Waals surface area contributed by atoms with Gasteiger partial charge >= 0.3 is 5.91 Å². The molecule has 0 saturated carbocycles. The van der Waals surface area contributed by atoms with Gasteiger partial charge in [0.2, 0.25) is 5.82 Å². The van der Waals surface area contributed by atoms with Crippen LogP contribution < -0.4 is 15.6 Å². The molecule has 4 rings (SSSR count). The van der Waals surface area contributed by atoms with E-state index >= 15 is 0 Å². The van der Waals surface area contributed by atoms with Crippen LogP contribution in [-0.4, -0.2) is 32.7 Å². The van der Waals surface area contributed by atoms with Crippen LogP contribution in [0.25, 0.3) is 16.5 Å². The van der Waals surface area contributed by atoms with E-state index in [4.69, 9.17) is 16.3 Å². The highest BCUT2D eigenvalue weighted by Crippen LogP contribution is 2.22. The Morgan fingerprint density at radius 3 is 2.50 bits per heavy atom. The summed E-state index contributed by atoms with van der Waals surface area (Å²) in [5.74, 6) is -0.263. The van der Waals surface area contributed by atoms with E-state index in [0.29, 0.717) is 22.3 Å². The molecule has 0 radical (unpaired) electrons. The Bertz CT molecular complexity index is 1300. The van der Waals surface area contributed by atoms with Gasteiger partial charge in [-0.25, -0.2) is 9.67 Å². The van der Waals surface area contributed by atoms with E-state index < -0.39 is 17.9 Å². The first kappa shape index (κ1) is 21.3. The second-order valence-electron chi connectivity index (χ2n) is 7.06. The SMILES string of the molecule is Cc1nc(C(=O)NNC(=O)C(C)Oc2ccc3ccccc3c2)nn1-c1ccccc1Cl. The minimum absolute atomic E-state index is 0.106. The maximum absolute atomic E-state index is 12.4. The summed E-state index contributed by atoms with van der Waals surface area (Å²) in [6, 6.07) is 20.5. The van der Waals surface area contributed by atoms with Crippen molar-refractivity contribution in [2.45, 2.75) is 20.0 Å². The standard InChI is InChI=1S/C23H20ClN5O3/c1-14(32-18-12-11-16-7-3-4-8-17(16)13-18)22(30)26-27-23(31)21-25-15(2)29(28-21)20-10-6-5-9-19(20)24/h3-14H,1-2H3,(H,26,30)(H,27,31). The van der Waals surface area contributed by atoms with E-state index in [1.807, 2.05) is 36.4 Å². The molecule has 2 amide bonds. The molecule has 1 atom stereocenters. The molecule has 0 aliphatic carbocycles. The molecule has 0 aliphatic heterocycles. The molecule has 9 heteroatoms. The highest BCUT2D eigenvalue weighted by atomic mass is 35.5. The Labute approximate surface area is 189 Å². The van der Waals surface area contributed by atoms with Crippen molar-refractivity contribution >= 4 is 34.2 Å². The number of aryl methyl sites for hydroxylation is 1. The number of carbonyl (C=O) groups excluding carboxylic acids is 2. The number of halogens is 1. The van der Waals surface area contributed by atoms with Crippen molar-refractivity contribution in [2.75, 3.05) is 0 Å². The monoisotopic (exact) mass is 449 g/mol. The van der Waals surface area contributed by atoms with E-state index in [-0.39, 0.29) is 5.82 Å². The fourth-order valence-corrected chi connectivity index (χ4v) is 3.33. The molecule has 0 bridgehead atoms. The number of para-hydroxylation sites is 1. The van der Waals surface area contributed by atoms with Crippen LogP contribution in [0.4, 0.5) is 0 Å². The van der Waals surface area contributed by atoms with E-state index in [9.17, 15) is 9.59 Å². The fraction of sp³-hybridized carbons (Fsp3) is 0.130. The molecular weight excluding hydrogens is 430 g/mol. The van der Waals surface area contributed by atoms with E-state index in [1.54, 1.807) is 44.2 Å². The number of nitrogens with zero attached hydrogens (tertiary/aromatic N) is 3. The number of amides is 2. The van der Waals surface area contributed by atoms with Gasteiger partial charge in [0.05, 0.1) is 10.7 Å². The van der Waals surface area contributed by atoms with Crippen molar-refractivity contribution in [1.82, 2.24) is 25.6 Å². The molecule has 4 aromatic rings. The molecule has 162 valence electrons. The van der Waals surface area contributed by atoms with Crippen LogP contribution >= 0.6 is 11.6 Å². The second kappa shape index (κ2) is 9.07. The van der Waals surface area contributed by atoms with Crippen molar-refractivity contribution in [3.8, 4) is 11.4 Å². The van der Waals surface area contributed by atoms with Gasteiger partial charge in [-0.1, -0.05) is 54.1 Å². The summed E-state index contributed by atoms with van der Waals surface area (Å²) in [5.41, 5.74) is 5.25. The molecule has 1 unspecified atom stereocenters. The van der Waals surface area contributed by atoms with Gasteiger partial charge in [0.1, 0.15) is 11.6 Å². The lowest BCUT2D eigenvalue weighted by molar-refractivity contribution is -0.128.